The fourth-order valence-corrected chi connectivity index (χ4v) is 3.73. The second-order valence-electron chi connectivity index (χ2n) is 5.91. The zero-order valence-corrected chi connectivity index (χ0v) is 12.7. The standard InChI is InChI=1S/C16H22N2O.ClH/c1-12(19)17-14-9-15-7-8-16(10-14)18(15)11-13-5-3-2-4-6-13;/h2-6,14-16H,7-11H2,1H3,(H,17,19);1H. The molecule has 0 radical (unpaired) electrons. The first-order valence-electron chi connectivity index (χ1n) is 7.29. The monoisotopic (exact) mass is 294 g/mol. The number of fused-ring (bicyclic) bond motifs is 2. The highest BCUT2D eigenvalue weighted by Crippen LogP contribution is 2.36. The van der Waals surface area contributed by atoms with Crippen molar-refractivity contribution in [3.63, 3.8) is 0 Å². The number of carbonyl (C=O) groups is 1. The van der Waals surface area contributed by atoms with Crippen LogP contribution in [0.15, 0.2) is 30.3 Å². The number of carbonyl (C=O) groups excluding carboxylic acids is 1. The minimum atomic E-state index is 0. The quantitative estimate of drug-likeness (QED) is 0.930. The number of halogens is 1. The van der Waals surface area contributed by atoms with Crippen molar-refractivity contribution in [3.8, 4) is 0 Å². The molecule has 4 heteroatoms. The van der Waals surface area contributed by atoms with Crippen LogP contribution < -0.4 is 5.32 Å². The minimum absolute atomic E-state index is 0. The Bertz CT molecular complexity index is 437. The summed E-state index contributed by atoms with van der Waals surface area (Å²) >= 11 is 0. The average Bonchev–Trinajstić information content (AvgIpc) is 2.62. The summed E-state index contributed by atoms with van der Waals surface area (Å²) in [5, 5.41) is 3.10. The lowest BCUT2D eigenvalue weighted by molar-refractivity contribution is -0.120. The molecular formula is C16H23ClN2O. The first kappa shape index (κ1) is 15.3. The van der Waals surface area contributed by atoms with Crippen LogP contribution in [-0.4, -0.2) is 28.9 Å². The van der Waals surface area contributed by atoms with Gasteiger partial charge in [-0.25, -0.2) is 0 Å². The molecule has 2 fully saturated rings. The Morgan fingerprint density at radius 1 is 1.20 bits per heavy atom. The fraction of sp³-hybridized carbons (Fsp3) is 0.562. The number of nitrogens with one attached hydrogen (secondary N) is 1. The van der Waals surface area contributed by atoms with E-state index in [-0.39, 0.29) is 18.3 Å². The summed E-state index contributed by atoms with van der Waals surface area (Å²) in [6.45, 7) is 2.68. The smallest absolute Gasteiger partial charge is 0.217 e. The van der Waals surface area contributed by atoms with E-state index in [9.17, 15) is 4.79 Å². The molecule has 2 saturated heterocycles. The third-order valence-corrected chi connectivity index (χ3v) is 4.50. The molecule has 20 heavy (non-hydrogen) atoms. The van der Waals surface area contributed by atoms with Crippen molar-refractivity contribution in [2.24, 2.45) is 0 Å². The maximum atomic E-state index is 11.2. The topological polar surface area (TPSA) is 32.3 Å². The Hall–Kier alpha value is -1.06. The van der Waals surface area contributed by atoms with Gasteiger partial charge < -0.3 is 5.32 Å². The lowest BCUT2D eigenvalue weighted by Crippen LogP contribution is -2.49. The number of benzene rings is 1. The molecule has 1 N–H and O–H groups in total. The van der Waals surface area contributed by atoms with Gasteiger partial charge in [-0.2, -0.15) is 0 Å². The molecule has 3 rings (SSSR count). The summed E-state index contributed by atoms with van der Waals surface area (Å²) in [7, 11) is 0. The summed E-state index contributed by atoms with van der Waals surface area (Å²) < 4.78 is 0. The number of hydrogen-bond donors (Lipinski definition) is 1. The van der Waals surface area contributed by atoms with Gasteiger partial charge in [-0.15, -0.1) is 12.4 Å². The molecular weight excluding hydrogens is 272 g/mol. The lowest BCUT2D eigenvalue weighted by atomic mass is 9.96. The van der Waals surface area contributed by atoms with Crippen LogP contribution in [0.4, 0.5) is 0 Å². The van der Waals surface area contributed by atoms with E-state index in [2.05, 4.69) is 40.5 Å². The van der Waals surface area contributed by atoms with Crippen LogP contribution >= 0.6 is 12.4 Å². The summed E-state index contributed by atoms with van der Waals surface area (Å²) in [6, 6.07) is 12.4. The van der Waals surface area contributed by atoms with E-state index < -0.39 is 0 Å². The van der Waals surface area contributed by atoms with Crippen molar-refractivity contribution < 1.29 is 4.79 Å². The van der Waals surface area contributed by atoms with Gasteiger partial charge in [0.15, 0.2) is 0 Å². The molecule has 0 aromatic heterocycles. The molecule has 0 saturated carbocycles. The number of rotatable bonds is 3. The highest BCUT2D eigenvalue weighted by molar-refractivity contribution is 5.85. The molecule has 2 bridgehead atoms. The van der Waals surface area contributed by atoms with Crippen LogP contribution in [0, 0.1) is 0 Å². The normalized spacial score (nSPS) is 28.8. The van der Waals surface area contributed by atoms with E-state index in [0.29, 0.717) is 18.1 Å². The summed E-state index contributed by atoms with van der Waals surface area (Å²) in [4.78, 5) is 13.8. The van der Waals surface area contributed by atoms with Crippen LogP contribution in [0.1, 0.15) is 38.2 Å². The lowest BCUT2D eigenvalue weighted by Gasteiger charge is -2.39. The van der Waals surface area contributed by atoms with E-state index in [0.717, 1.165) is 19.4 Å². The van der Waals surface area contributed by atoms with Crippen LogP contribution in [0.3, 0.4) is 0 Å². The molecule has 2 aliphatic heterocycles. The van der Waals surface area contributed by atoms with Gasteiger partial charge in [0, 0.05) is 31.6 Å². The third kappa shape index (κ3) is 3.33. The Kier molecular flexibility index (Phi) is 5.06. The molecule has 0 aliphatic carbocycles. The summed E-state index contributed by atoms with van der Waals surface area (Å²) in [5.41, 5.74) is 1.40. The van der Waals surface area contributed by atoms with Crippen molar-refractivity contribution in [1.82, 2.24) is 10.2 Å². The first-order valence-corrected chi connectivity index (χ1v) is 7.29. The molecule has 2 atom stereocenters. The average molecular weight is 295 g/mol. The Labute approximate surface area is 127 Å². The van der Waals surface area contributed by atoms with Crippen LogP contribution in [-0.2, 0) is 11.3 Å². The first-order chi connectivity index (χ1) is 9.22. The van der Waals surface area contributed by atoms with Gasteiger partial charge in [-0.1, -0.05) is 30.3 Å². The Balaban J connectivity index is 0.00000147. The van der Waals surface area contributed by atoms with Gasteiger partial charge >= 0.3 is 0 Å². The van der Waals surface area contributed by atoms with E-state index in [1.807, 2.05) is 0 Å². The summed E-state index contributed by atoms with van der Waals surface area (Å²) in [6.07, 6.45) is 4.80. The summed E-state index contributed by atoms with van der Waals surface area (Å²) in [5.74, 6) is 0.112. The van der Waals surface area contributed by atoms with Crippen LogP contribution in [0.5, 0.6) is 0 Å². The fourth-order valence-electron chi connectivity index (χ4n) is 3.73. The molecule has 1 aromatic carbocycles. The van der Waals surface area contributed by atoms with Crippen LogP contribution in [0.2, 0.25) is 0 Å². The molecule has 2 unspecified atom stereocenters. The Morgan fingerprint density at radius 3 is 2.35 bits per heavy atom. The molecule has 3 nitrogen and oxygen atoms in total. The van der Waals surface area contributed by atoms with Gasteiger partial charge in [0.05, 0.1) is 0 Å². The van der Waals surface area contributed by atoms with E-state index in [4.69, 9.17) is 0 Å². The SMILES string of the molecule is CC(=O)NC1CC2CCC(C1)N2Cc1ccccc1.Cl. The van der Waals surface area contributed by atoms with Gasteiger partial charge in [-0.05, 0) is 31.2 Å². The van der Waals surface area contributed by atoms with E-state index in [1.165, 1.54) is 18.4 Å². The van der Waals surface area contributed by atoms with Crippen LogP contribution in [0.25, 0.3) is 0 Å². The van der Waals surface area contributed by atoms with Gasteiger partial charge in [-0.3, -0.25) is 9.69 Å². The van der Waals surface area contributed by atoms with Crippen molar-refractivity contribution >= 4 is 18.3 Å². The van der Waals surface area contributed by atoms with Crippen molar-refractivity contribution in [3.05, 3.63) is 35.9 Å². The highest BCUT2D eigenvalue weighted by Gasteiger charge is 2.40. The highest BCUT2D eigenvalue weighted by atomic mass is 35.5. The van der Waals surface area contributed by atoms with Crippen molar-refractivity contribution in [2.45, 2.75) is 57.3 Å². The number of nitrogens with zero attached hydrogens (tertiary/aromatic N) is 1. The number of hydrogen-bond acceptors (Lipinski definition) is 2. The number of amides is 1. The molecule has 1 amide bonds. The molecule has 2 aliphatic rings. The molecule has 110 valence electrons. The van der Waals surface area contributed by atoms with E-state index >= 15 is 0 Å². The zero-order valence-electron chi connectivity index (χ0n) is 11.9. The zero-order chi connectivity index (χ0) is 13.2. The predicted molar refractivity (Wildman–Crippen MR) is 82.9 cm³/mol. The maximum absolute atomic E-state index is 11.2. The maximum Gasteiger partial charge on any atom is 0.217 e. The largest absolute Gasteiger partial charge is 0.353 e. The second kappa shape index (κ2) is 6.59. The molecule has 2 heterocycles. The minimum Gasteiger partial charge on any atom is -0.353 e. The van der Waals surface area contributed by atoms with Gasteiger partial charge in [0.25, 0.3) is 0 Å². The van der Waals surface area contributed by atoms with Gasteiger partial charge in [0.1, 0.15) is 0 Å². The molecule has 1 aromatic rings. The predicted octanol–water partition coefficient (Wildman–Crippen LogP) is 2.74. The van der Waals surface area contributed by atoms with E-state index in [1.54, 1.807) is 6.92 Å². The second-order valence-corrected chi connectivity index (χ2v) is 5.91. The van der Waals surface area contributed by atoms with Crippen molar-refractivity contribution in [2.75, 3.05) is 0 Å². The Morgan fingerprint density at radius 2 is 1.80 bits per heavy atom. The molecule has 0 spiro atoms. The number of piperidine rings is 1. The van der Waals surface area contributed by atoms with Gasteiger partial charge in [0.2, 0.25) is 5.91 Å². The third-order valence-electron chi connectivity index (χ3n) is 4.50. The van der Waals surface area contributed by atoms with Crippen molar-refractivity contribution in [1.29, 1.82) is 0 Å².